The lowest BCUT2D eigenvalue weighted by Crippen LogP contribution is -2.45. The topological polar surface area (TPSA) is 57.3 Å². The van der Waals surface area contributed by atoms with Crippen LogP contribution in [0.3, 0.4) is 0 Å². The van der Waals surface area contributed by atoms with Gasteiger partial charge in [0.2, 0.25) is 0 Å². The molecular formula is C22H23FN4OS. The molecule has 29 heavy (non-hydrogen) atoms. The van der Waals surface area contributed by atoms with Crippen molar-refractivity contribution in [3.63, 3.8) is 0 Å². The van der Waals surface area contributed by atoms with E-state index in [4.69, 9.17) is 0 Å². The molecule has 0 atom stereocenters. The van der Waals surface area contributed by atoms with Gasteiger partial charge in [-0.25, -0.2) is 14.2 Å². The molecule has 150 valence electrons. The van der Waals surface area contributed by atoms with Gasteiger partial charge in [0.05, 0.1) is 0 Å². The van der Waals surface area contributed by atoms with Crippen molar-refractivity contribution in [3.8, 4) is 10.6 Å². The minimum Gasteiger partial charge on any atom is -0.335 e. The van der Waals surface area contributed by atoms with E-state index in [1.54, 1.807) is 23.5 Å². The number of carbonyl (C=O) groups excluding carboxylic acids is 1. The quantitative estimate of drug-likeness (QED) is 0.639. The standard InChI is InChI=1S/C22H23FN4OS/c23-17-6-8-18(9-7-17)25-22(28)26-19-10-12-27(13-11-19)15-20-14-24-21(29-20)16-4-2-1-3-5-16/h1-9,14,19H,10-13,15H2,(H2,25,26,28). The summed E-state index contributed by atoms with van der Waals surface area (Å²) in [5.74, 6) is -0.319. The summed E-state index contributed by atoms with van der Waals surface area (Å²) in [6, 6.07) is 15.9. The van der Waals surface area contributed by atoms with E-state index >= 15 is 0 Å². The molecule has 5 nitrogen and oxygen atoms in total. The Morgan fingerprint density at radius 1 is 1.10 bits per heavy atom. The van der Waals surface area contributed by atoms with Gasteiger partial charge in [-0.3, -0.25) is 4.90 Å². The molecule has 0 saturated carbocycles. The number of halogens is 1. The number of likely N-dealkylation sites (tertiary alicyclic amines) is 1. The number of hydrogen-bond acceptors (Lipinski definition) is 4. The van der Waals surface area contributed by atoms with Crippen LogP contribution in [0.15, 0.2) is 60.8 Å². The second kappa shape index (κ2) is 9.15. The summed E-state index contributed by atoms with van der Waals surface area (Å²) in [4.78, 5) is 20.3. The first-order valence-corrected chi connectivity index (χ1v) is 10.5. The summed E-state index contributed by atoms with van der Waals surface area (Å²) >= 11 is 1.73. The molecule has 7 heteroatoms. The molecule has 1 fully saturated rings. The smallest absolute Gasteiger partial charge is 0.319 e. The second-order valence-corrected chi connectivity index (χ2v) is 8.27. The molecule has 1 saturated heterocycles. The molecule has 4 rings (SSSR count). The average molecular weight is 411 g/mol. The molecule has 0 radical (unpaired) electrons. The summed E-state index contributed by atoms with van der Waals surface area (Å²) in [7, 11) is 0. The number of piperidine rings is 1. The van der Waals surface area contributed by atoms with Crippen LogP contribution >= 0.6 is 11.3 Å². The number of hydrogen-bond donors (Lipinski definition) is 2. The lowest BCUT2D eigenvalue weighted by Gasteiger charge is -2.31. The molecule has 3 aromatic rings. The fourth-order valence-corrected chi connectivity index (χ4v) is 4.40. The van der Waals surface area contributed by atoms with Crippen LogP contribution in [-0.2, 0) is 6.54 Å². The Morgan fingerprint density at radius 2 is 1.83 bits per heavy atom. The van der Waals surface area contributed by atoms with Crippen molar-refractivity contribution >= 4 is 23.1 Å². The number of nitrogens with one attached hydrogen (secondary N) is 2. The van der Waals surface area contributed by atoms with Crippen molar-refractivity contribution in [2.24, 2.45) is 0 Å². The Labute approximate surface area is 173 Å². The number of nitrogens with zero attached hydrogens (tertiary/aromatic N) is 2. The first-order chi connectivity index (χ1) is 14.2. The fourth-order valence-electron chi connectivity index (χ4n) is 3.44. The normalized spacial score (nSPS) is 15.2. The number of anilines is 1. The minimum absolute atomic E-state index is 0.146. The zero-order valence-electron chi connectivity index (χ0n) is 16.0. The van der Waals surface area contributed by atoms with Crippen molar-refractivity contribution in [1.82, 2.24) is 15.2 Å². The highest BCUT2D eigenvalue weighted by atomic mass is 32.1. The van der Waals surface area contributed by atoms with Gasteiger partial charge in [0, 0.05) is 48.0 Å². The Morgan fingerprint density at radius 3 is 2.55 bits per heavy atom. The second-order valence-electron chi connectivity index (χ2n) is 7.15. The van der Waals surface area contributed by atoms with E-state index in [0.717, 1.165) is 43.0 Å². The SMILES string of the molecule is O=C(Nc1ccc(F)cc1)NC1CCN(Cc2cnc(-c3ccccc3)s2)CC1. The molecular weight excluding hydrogens is 387 g/mol. The minimum atomic E-state index is -0.319. The van der Waals surface area contributed by atoms with Crippen molar-refractivity contribution in [2.45, 2.75) is 25.4 Å². The maximum atomic E-state index is 12.9. The molecule has 0 aliphatic carbocycles. The molecule has 2 heterocycles. The van der Waals surface area contributed by atoms with Gasteiger partial charge in [0.15, 0.2) is 0 Å². The van der Waals surface area contributed by atoms with Crippen LogP contribution in [-0.4, -0.2) is 35.0 Å². The van der Waals surface area contributed by atoms with Gasteiger partial charge in [-0.15, -0.1) is 11.3 Å². The van der Waals surface area contributed by atoms with Crippen LogP contribution in [0.4, 0.5) is 14.9 Å². The Bertz CT molecular complexity index is 937. The zero-order chi connectivity index (χ0) is 20.1. The van der Waals surface area contributed by atoms with E-state index in [2.05, 4.69) is 32.7 Å². The van der Waals surface area contributed by atoms with E-state index in [1.807, 2.05) is 24.4 Å². The molecule has 0 unspecified atom stereocenters. The highest BCUT2D eigenvalue weighted by molar-refractivity contribution is 7.15. The van der Waals surface area contributed by atoms with Crippen LogP contribution in [0.2, 0.25) is 0 Å². The highest BCUT2D eigenvalue weighted by Crippen LogP contribution is 2.26. The van der Waals surface area contributed by atoms with Gasteiger partial charge in [-0.1, -0.05) is 30.3 Å². The maximum Gasteiger partial charge on any atom is 0.319 e. The molecule has 1 aromatic heterocycles. The third-order valence-electron chi connectivity index (χ3n) is 4.98. The van der Waals surface area contributed by atoms with Crippen molar-refractivity contribution in [1.29, 1.82) is 0 Å². The average Bonchev–Trinajstić information content (AvgIpc) is 3.20. The van der Waals surface area contributed by atoms with E-state index < -0.39 is 0 Å². The fraction of sp³-hybridized carbons (Fsp3) is 0.273. The Balaban J connectivity index is 1.23. The number of thiazole rings is 1. The lowest BCUT2D eigenvalue weighted by molar-refractivity contribution is 0.191. The predicted octanol–water partition coefficient (Wildman–Crippen LogP) is 4.74. The van der Waals surface area contributed by atoms with Gasteiger partial charge in [-0.2, -0.15) is 0 Å². The van der Waals surface area contributed by atoms with E-state index in [1.165, 1.54) is 17.0 Å². The van der Waals surface area contributed by atoms with Gasteiger partial charge in [-0.05, 0) is 37.1 Å². The first kappa shape index (κ1) is 19.5. The predicted molar refractivity (Wildman–Crippen MR) is 114 cm³/mol. The van der Waals surface area contributed by atoms with E-state index in [-0.39, 0.29) is 17.9 Å². The van der Waals surface area contributed by atoms with E-state index in [0.29, 0.717) is 5.69 Å². The van der Waals surface area contributed by atoms with Gasteiger partial charge in [0.25, 0.3) is 0 Å². The number of benzene rings is 2. The first-order valence-electron chi connectivity index (χ1n) is 9.71. The van der Waals surface area contributed by atoms with Gasteiger partial charge < -0.3 is 10.6 Å². The van der Waals surface area contributed by atoms with Crippen LogP contribution in [0.25, 0.3) is 10.6 Å². The number of aromatic nitrogens is 1. The zero-order valence-corrected chi connectivity index (χ0v) is 16.8. The molecule has 2 aromatic carbocycles. The van der Waals surface area contributed by atoms with Gasteiger partial charge in [0.1, 0.15) is 10.8 Å². The molecule has 2 N–H and O–H groups in total. The van der Waals surface area contributed by atoms with Crippen LogP contribution in [0.5, 0.6) is 0 Å². The van der Waals surface area contributed by atoms with Gasteiger partial charge >= 0.3 is 6.03 Å². The Kier molecular flexibility index (Phi) is 6.17. The molecule has 1 aliphatic rings. The molecule has 0 bridgehead atoms. The number of amides is 2. The largest absolute Gasteiger partial charge is 0.335 e. The summed E-state index contributed by atoms with van der Waals surface area (Å²) in [5, 5.41) is 6.81. The molecule has 1 aliphatic heterocycles. The Hall–Kier alpha value is -2.77. The van der Waals surface area contributed by atoms with Crippen LogP contribution in [0, 0.1) is 5.82 Å². The van der Waals surface area contributed by atoms with Crippen molar-refractivity contribution < 1.29 is 9.18 Å². The monoisotopic (exact) mass is 410 g/mol. The van der Waals surface area contributed by atoms with Crippen molar-refractivity contribution in [2.75, 3.05) is 18.4 Å². The maximum absolute atomic E-state index is 12.9. The van der Waals surface area contributed by atoms with Crippen molar-refractivity contribution in [3.05, 3.63) is 71.5 Å². The number of carbonyl (C=O) groups is 1. The van der Waals surface area contributed by atoms with E-state index in [9.17, 15) is 9.18 Å². The molecule has 0 spiro atoms. The number of rotatable bonds is 5. The van der Waals surface area contributed by atoms with Crippen LogP contribution < -0.4 is 10.6 Å². The third-order valence-corrected chi connectivity index (χ3v) is 6.01. The summed E-state index contributed by atoms with van der Waals surface area (Å²) in [6.07, 6.45) is 3.77. The highest BCUT2D eigenvalue weighted by Gasteiger charge is 2.21. The third kappa shape index (κ3) is 5.40. The summed E-state index contributed by atoms with van der Waals surface area (Å²) in [5.41, 5.74) is 1.74. The lowest BCUT2D eigenvalue weighted by atomic mass is 10.1. The summed E-state index contributed by atoms with van der Waals surface area (Å²) in [6.45, 7) is 2.75. The van der Waals surface area contributed by atoms with Crippen LogP contribution in [0.1, 0.15) is 17.7 Å². The molecule has 2 amide bonds. The summed E-state index contributed by atoms with van der Waals surface area (Å²) < 4.78 is 12.9. The number of urea groups is 1.